The Morgan fingerprint density at radius 3 is 2.38 bits per heavy atom. The Hall–Kier alpha value is -0.110. The van der Waals surface area contributed by atoms with Gasteiger partial charge in [0, 0.05) is 0 Å². The third-order valence-corrected chi connectivity index (χ3v) is 3.00. The highest BCUT2D eigenvalue weighted by atomic mass is 19.1. The molecular weight excluding hydrogens is 165 g/mol. The van der Waals surface area contributed by atoms with E-state index >= 15 is 0 Å². The minimum atomic E-state index is -0.948. The number of nitrogens with one attached hydrogen (secondary N) is 1. The number of piperidine rings is 1. The molecule has 1 aliphatic heterocycles. The van der Waals surface area contributed by atoms with Crippen LogP contribution in [-0.4, -0.2) is 18.8 Å². The topological polar surface area (TPSA) is 12.0 Å². The summed E-state index contributed by atoms with van der Waals surface area (Å²) in [5.41, 5.74) is -0.948. The molecule has 0 aromatic heterocycles. The molecule has 0 bridgehead atoms. The number of hydrogen-bond acceptors (Lipinski definition) is 1. The van der Waals surface area contributed by atoms with E-state index in [0.717, 1.165) is 25.9 Å². The third kappa shape index (κ3) is 3.26. The van der Waals surface area contributed by atoms with E-state index in [9.17, 15) is 4.39 Å². The van der Waals surface area contributed by atoms with E-state index < -0.39 is 5.67 Å². The van der Waals surface area contributed by atoms with Crippen molar-refractivity contribution in [1.82, 2.24) is 5.32 Å². The highest BCUT2D eigenvalue weighted by Gasteiger charge is 2.35. The molecule has 0 saturated carbocycles. The zero-order chi connectivity index (χ0) is 9.90. The van der Waals surface area contributed by atoms with Crippen LogP contribution in [0.2, 0.25) is 0 Å². The van der Waals surface area contributed by atoms with Crippen LogP contribution in [0.1, 0.15) is 40.0 Å². The van der Waals surface area contributed by atoms with Gasteiger partial charge in [-0.1, -0.05) is 13.8 Å². The Morgan fingerprint density at radius 1 is 1.38 bits per heavy atom. The molecule has 1 heterocycles. The molecule has 0 aromatic rings. The van der Waals surface area contributed by atoms with Gasteiger partial charge in [-0.2, -0.15) is 0 Å². The maximum atomic E-state index is 14.2. The van der Waals surface area contributed by atoms with E-state index in [4.69, 9.17) is 0 Å². The second-order valence-corrected chi connectivity index (χ2v) is 4.90. The van der Waals surface area contributed by atoms with Crippen molar-refractivity contribution < 1.29 is 4.39 Å². The van der Waals surface area contributed by atoms with Gasteiger partial charge < -0.3 is 5.32 Å². The van der Waals surface area contributed by atoms with Gasteiger partial charge in [-0.05, 0) is 51.1 Å². The van der Waals surface area contributed by atoms with Crippen molar-refractivity contribution >= 4 is 0 Å². The van der Waals surface area contributed by atoms with Gasteiger partial charge in [0.25, 0.3) is 0 Å². The lowest BCUT2D eigenvalue weighted by Crippen LogP contribution is -2.39. The molecule has 0 aliphatic carbocycles. The minimum Gasteiger partial charge on any atom is -0.317 e. The Bertz CT molecular complexity index is 148. The van der Waals surface area contributed by atoms with Crippen LogP contribution in [0.3, 0.4) is 0 Å². The normalized spacial score (nSPS) is 24.7. The number of halogens is 1. The van der Waals surface area contributed by atoms with Gasteiger partial charge in [0.1, 0.15) is 5.67 Å². The number of hydrogen-bond donors (Lipinski definition) is 1. The van der Waals surface area contributed by atoms with E-state index in [0.29, 0.717) is 12.3 Å². The fourth-order valence-electron chi connectivity index (χ4n) is 2.39. The Kier molecular flexibility index (Phi) is 3.72. The molecule has 1 unspecified atom stereocenters. The molecule has 0 aromatic carbocycles. The average molecular weight is 187 g/mol. The highest BCUT2D eigenvalue weighted by Crippen LogP contribution is 2.34. The summed E-state index contributed by atoms with van der Waals surface area (Å²) < 4.78 is 14.2. The minimum absolute atomic E-state index is 0.274. The van der Waals surface area contributed by atoms with Crippen molar-refractivity contribution in [3.05, 3.63) is 0 Å². The SMILES string of the molecule is CC(C)CC(C)(F)C1CCNCC1. The monoisotopic (exact) mass is 187 g/mol. The molecule has 1 rings (SSSR count). The van der Waals surface area contributed by atoms with Gasteiger partial charge in [0.15, 0.2) is 0 Å². The van der Waals surface area contributed by atoms with Crippen molar-refractivity contribution in [1.29, 1.82) is 0 Å². The molecule has 0 amide bonds. The Labute approximate surface area is 81.1 Å². The van der Waals surface area contributed by atoms with E-state index in [2.05, 4.69) is 19.2 Å². The molecule has 1 N–H and O–H groups in total. The standard InChI is InChI=1S/C11H22FN/c1-9(2)8-11(3,12)10-4-6-13-7-5-10/h9-10,13H,4-8H2,1-3H3. The van der Waals surface area contributed by atoms with E-state index in [1.54, 1.807) is 6.92 Å². The maximum Gasteiger partial charge on any atom is 0.111 e. The van der Waals surface area contributed by atoms with Crippen LogP contribution >= 0.6 is 0 Å². The summed E-state index contributed by atoms with van der Waals surface area (Å²) in [6, 6.07) is 0. The first-order chi connectivity index (χ1) is 6.02. The van der Waals surface area contributed by atoms with Crippen LogP contribution in [0.5, 0.6) is 0 Å². The van der Waals surface area contributed by atoms with E-state index in [-0.39, 0.29) is 5.92 Å². The zero-order valence-corrected chi connectivity index (χ0v) is 9.07. The molecule has 1 fully saturated rings. The predicted molar refractivity (Wildman–Crippen MR) is 54.6 cm³/mol. The van der Waals surface area contributed by atoms with Crippen molar-refractivity contribution in [2.75, 3.05) is 13.1 Å². The molecular formula is C11H22FN. The second kappa shape index (κ2) is 4.41. The molecule has 78 valence electrons. The summed E-state index contributed by atoms with van der Waals surface area (Å²) >= 11 is 0. The highest BCUT2D eigenvalue weighted by molar-refractivity contribution is 4.86. The lowest BCUT2D eigenvalue weighted by atomic mass is 9.79. The van der Waals surface area contributed by atoms with Gasteiger partial charge in [-0.15, -0.1) is 0 Å². The van der Waals surface area contributed by atoms with Crippen LogP contribution in [0.15, 0.2) is 0 Å². The summed E-state index contributed by atoms with van der Waals surface area (Å²) in [5, 5.41) is 3.27. The van der Waals surface area contributed by atoms with Crippen LogP contribution < -0.4 is 5.32 Å². The second-order valence-electron chi connectivity index (χ2n) is 4.90. The summed E-state index contributed by atoms with van der Waals surface area (Å²) in [4.78, 5) is 0. The molecule has 2 heteroatoms. The van der Waals surface area contributed by atoms with E-state index in [1.165, 1.54) is 0 Å². The lowest BCUT2D eigenvalue weighted by Gasteiger charge is -2.34. The fraction of sp³-hybridized carbons (Fsp3) is 1.00. The first-order valence-corrected chi connectivity index (χ1v) is 5.42. The van der Waals surface area contributed by atoms with Crippen LogP contribution in [0.4, 0.5) is 4.39 Å². The summed E-state index contributed by atoms with van der Waals surface area (Å²) in [7, 11) is 0. The lowest BCUT2D eigenvalue weighted by molar-refractivity contribution is 0.0573. The van der Waals surface area contributed by atoms with Gasteiger partial charge in [-0.3, -0.25) is 0 Å². The quantitative estimate of drug-likeness (QED) is 0.716. The van der Waals surface area contributed by atoms with Crippen LogP contribution in [-0.2, 0) is 0 Å². The molecule has 1 saturated heterocycles. The average Bonchev–Trinajstić information content (AvgIpc) is 2.04. The first kappa shape index (κ1) is 11.0. The predicted octanol–water partition coefficient (Wildman–Crippen LogP) is 2.76. The molecule has 13 heavy (non-hydrogen) atoms. The summed E-state index contributed by atoms with van der Waals surface area (Å²) in [6.45, 7) is 7.95. The van der Waals surface area contributed by atoms with Gasteiger partial charge in [0.05, 0.1) is 0 Å². The molecule has 0 radical (unpaired) electrons. The van der Waals surface area contributed by atoms with Crippen molar-refractivity contribution in [3.63, 3.8) is 0 Å². The first-order valence-electron chi connectivity index (χ1n) is 5.42. The molecule has 1 atom stereocenters. The van der Waals surface area contributed by atoms with Gasteiger partial charge >= 0.3 is 0 Å². The summed E-state index contributed by atoms with van der Waals surface area (Å²) in [5.74, 6) is 0.737. The molecule has 1 nitrogen and oxygen atoms in total. The van der Waals surface area contributed by atoms with Crippen LogP contribution in [0.25, 0.3) is 0 Å². The summed E-state index contributed by atoms with van der Waals surface area (Å²) in [6.07, 6.45) is 2.71. The zero-order valence-electron chi connectivity index (χ0n) is 9.07. The van der Waals surface area contributed by atoms with Crippen molar-refractivity contribution in [2.45, 2.75) is 45.7 Å². The fourth-order valence-corrected chi connectivity index (χ4v) is 2.39. The van der Waals surface area contributed by atoms with E-state index in [1.807, 2.05) is 0 Å². The maximum absolute atomic E-state index is 14.2. The molecule has 0 spiro atoms. The Morgan fingerprint density at radius 2 is 1.92 bits per heavy atom. The smallest absolute Gasteiger partial charge is 0.111 e. The number of alkyl halides is 1. The Balaban J connectivity index is 2.45. The van der Waals surface area contributed by atoms with Gasteiger partial charge in [-0.25, -0.2) is 4.39 Å². The van der Waals surface area contributed by atoms with Gasteiger partial charge in [0.2, 0.25) is 0 Å². The molecule has 1 aliphatic rings. The third-order valence-electron chi connectivity index (χ3n) is 3.00. The van der Waals surface area contributed by atoms with Crippen molar-refractivity contribution in [2.24, 2.45) is 11.8 Å². The number of rotatable bonds is 3. The van der Waals surface area contributed by atoms with Crippen molar-refractivity contribution in [3.8, 4) is 0 Å². The largest absolute Gasteiger partial charge is 0.317 e. The van der Waals surface area contributed by atoms with Crippen LogP contribution in [0, 0.1) is 11.8 Å².